The largest absolute Gasteiger partial charge is 0.494 e. The number of nitrogens with zero attached hydrogens (tertiary/aromatic N) is 1. The average molecular weight is 333 g/mol. The molecule has 1 atom stereocenters. The molecule has 1 aliphatic rings. The first kappa shape index (κ1) is 18.1. The second-order valence-corrected chi connectivity index (χ2v) is 6.35. The number of carboxylic acids is 1. The van der Waals surface area contributed by atoms with Crippen LogP contribution in [-0.2, 0) is 17.6 Å². The van der Waals surface area contributed by atoms with Gasteiger partial charge in [0.1, 0.15) is 5.75 Å². The first-order valence-electron chi connectivity index (χ1n) is 8.56. The number of fused-ring (bicyclic) bond motifs is 1. The zero-order valence-electron chi connectivity index (χ0n) is 14.0. The summed E-state index contributed by atoms with van der Waals surface area (Å²) >= 11 is 0. The SMILES string of the molecule is NC(N)=NCCCCOc1ccc2c(c1)CC(CC(=O)O)CCC2. The van der Waals surface area contributed by atoms with Gasteiger partial charge in [-0.15, -0.1) is 0 Å². The topological polar surface area (TPSA) is 111 Å². The molecule has 0 bridgehead atoms. The lowest BCUT2D eigenvalue weighted by Gasteiger charge is -2.13. The molecular weight excluding hydrogens is 306 g/mol. The maximum absolute atomic E-state index is 11.0. The van der Waals surface area contributed by atoms with E-state index >= 15 is 0 Å². The van der Waals surface area contributed by atoms with E-state index in [2.05, 4.69) is 17.1 Å². The minimum absolute atomic E-state index is 0.123. The number of unbranched alkanes of at least 4 members (excludes halogenated alkanes) is 1. The number of aryl methyl sites for hydroxylation is 1. The maximum Gasteiger partial charge on any atom is 0.303 e. The van der Waals surface area contributed by atoms with E-state index in [4.69, 9.17) is 21.3 Å². The summed E-state index contributed by atoms with van der Waals surface area (Å²) in [5.41, 5.74) is 13.1. The van der Waals surface area contributed by atoms with Crippen molar-refractivity contribution in [3.8, 4) is 5.75 Å². The number of carbonyl (C=O) groups is 1. The molecule has 5 N–H and O–H groups in total. The van der Waals surface area contributed by atoms with E-state index in [1.807, 2.05) is 6.07 Å². The molecule has 0 saturated carbocycles. The summed E-state index contributed by atoms with van der Waals surface area (Å²) in [6.45, 7) is 1.24. The van der Waals surface area contributed by atoms with Gasteiger partial charge < -0.3 is 21.3 Å². The fraction of sp³-hybridized carbons (Fsp3) is 0.556. The van der Waals surface area contributed by atoms with E-state index in [0.717, 1.165) is 44.3 Å². The van der Waals surface area contributed by atoms with E-state index in [1.54, 1.807) is 0 Å². The van der Waals surface area contributed by atoms with Gasteiger partial charge in [0.15, 0.2) is 5.96 Å². The van der Waals surface area contributed by atoms with Crippen LogP contribution in [0.5, 0.6) is 5.75 Å². The highest BCUT2D eigenvalue weighted by molar-refractivity contribution is 5.75. The monoisotopic (exact) mass is 333 g/mol. The molecule has 0 aromatic heterocycles. The Labute approximate surface area is 142 Å². The number of hydrogen-bond acceptors (Lipinski definition) is 3. The Morgan fingerprint density at radius 2 is 2.12 bits per heavy atom. The van der Waals surface area contributed by atoms with E-state index in [1.165, 1.54) is 11.1 Å². The number of guanidine groups is 1. The third-order valence-electron chi connectivity index (χ3n) is 4.32. The van der Waals surface area contributed by atoms with Crippen molar-refractivity contribution >= 4 is 11.9 Å². The summed E-state index contributed by atoms with van der Waals surface area (Å²) in [7, 11) is 0. The molecule has 0 radical (unpaired) electrons. The number of nitrogens with two attached hydrogens (primary N) is 2. The van der Waals surface area contributed by atoms with Gasteiger partial charge in [-0.2, -0.15) is 0 Å². The Bertz CT molecular complexity index is 583. The predicted molar refractivity (Wildman–Crippen MR) is 94.2 cm³/mol. The molecule has 0 heterocycles. The molecule has 1 aromatic rings. The molecule has 0 spiro atoms. The summed E-state index contributed by atoms with van der Waals surface area (Å²) in [5.74, 6) is 0.486. The predicted octanol–water partition coefficient (Wildman–Crippen LogP) is 2.09. The number of ether oxygens (including phenoxy) is 1. The lowest BCUT2D eigenvalue weighted by Crippen LogP contribution is -2.23. The highest BCUT2D eigenvalue weighted by Gasteiger charge is 2.19. The van der Waals surface area contributed by atoms with Crippen molar-refractivity contribution in [3.63, 3.8) is 0 Å². The van der Waals surface area contributed by atoms with Crippen molar-refractivity contribution in [3.05, 3.63) is 29.3 Å². The van der Waals surface area contributed by atoms with Crippen LogP contribution in [0.1, 0.15) is 43.2 Å². The third-order valence-corrected chi connectivity index (χ3v) is 4.32. The van der Waals surface area contributed by atoms with Gasteiger partial charge in [0.25, 0.3) is 0 Å². The Morgan fingerprint density at radius 3 is 2.88 bits per heavy atom. The molecule has 0 saturated heterocycles. The van der Waals surface area contributed by atoms with Crippen molar-refractivity contribution in [2.75, 3.05) is 13.2 Å². The molecule has 132 valence electrons. The van der Waals surface area contributed by atoms with Crippen molar-refractivity contribution in [1.82, 2.24) is 0 Å². The third kappa shape index (κ3) is 6.10. The number of rotatable bonds is 8. The van der Waals surface area contributed by atoms with Crippen molar-refractivity contribution in [1.29, 1.82) is 0 Å². The summed E-state index contributed by atoms with van der Waals surface area (Å²) < 4.78 is 5.81. The van der Waals surface area contributed by atoms with E-state index < -0.39 is 5.97 Å². The Kier molecular flexibility index (Phi) is 6.90. The van der Waals surface area contributed by atoms with Crippen LogP contribution in [0.15, 0.2) is 23.2 Å². The molecule has 2 rings (SSSR count). The lowest BCUT2D eigenvalue weighted by atomic mass is 9.94. The van der Waals surface area contributed by atoms with E-state index in [-0.39, 0.29) is 18.3 Å². The van der Waals surface area contributed by atoms with Crippen LogP contribution in [0, 0.1) is 5.92 Å². The van der Waals surface area contributed by atoms with Crippen LogP contribution in [-0.4, -0.2) is 30.2 Å². The van der Waals surface area contributed by atoms with Crippen LogP contribution < -0.4 is 16.2 Å². The minimum atomic E-state index is -0.711. The first-order chi connectivity index (χ1) is 11.5. The quantitative estimate of drug-likeness (QED) is 0.292. The lowest BCUT2D eigenvalue weighted by molar-refractivity contribution is -0.138. The second-order valence-electron chi connectivity index (χ2n) is 6.35. The number of benzene rings is 1. The minimum Gasteiger partial charge on any atom is -0.494 e. The Morgan fingerprint density at radius 1 is 1.29 bits per heavy atom. The number of hydrogen-bond donors (Lipinski definition) is 3. The summed E-state index contributed by atoms with van der Waals surface area (Å²) in [6.07, 6.45) is 5.87. The fourth-order valence-electron chi connectivity index (χ4n) is 3.15. The van der Waals surface area contributed by atoms with Crippen molar-refractivity contribution in [2.45, 2.75) is 44.9 Å². The molecule has 0 amide bonds. The highest BCUT2D eigenvalue weighted by Crippen LogP contribution is 2.29. The molecular formula is C18H27N3O3. The van der Waals surface area contributed by atoms with Gasteiger partial charge in [-0.05, 0) is 67.7 Å². The molecule has 24 heavy (non-hydrogen) atoms. The number of aliphatic imine (C=N–C) groups is 1. The summed E-state index contributed by atoms with van der Waals surface area (Å²) in [6, 6.07) is 6.20. The summed E-state index contributed by atoms with van der Waals surface area (Å²) in [4.78, 5) is 14.9. The van der Waals surface area contributed by atoms with Crippen LogP contribution in [0.3, 0.4) is 0 Å². The zero-order chi connectivity index (χ0) is 17.4. The van der Waals surface area contributed by atoms with Crippen molar-refractivity contribution < 1.29 is 14.6 Å². The van der Waals surface area contributed by atoms with Gasteiger partial charge in [-0.1, -0.05) is 6.07 Å². The smallest absolute Gasteiger partial charge is 0.303 e. The Hall–Kier alpha value is -2.24. The van der Waals surface area contributed by atoms with E-state index in [9.17, 15) is 4.79 Å². The number of carboxylic acid groups (broad SMARTS) is 1. The molecule has 1 aromatic carbocycles. The second kappa shape index (κ2) is 9.15. The standard InChI is InChI=1S/C18H27N3O3/c19-18(20)21-8-1-2-9-24-16-7-6-14-5-3-4-13(11-17(22)23)10-15(14)12-16/h6-7,12-13H,1-5,8-11H2,(H,22,23)(H4,19,20,21). The van der Waals surface area contributed by atoms with Gasteiger partial charge >= 0.3 is 5.97 Å². The zero-order valence-corrected chi connectivity index (χ0v) is 14.0. The van der Waals surface area contributed by atoms with Crippen LogP contribution in [0.25, 0.3) is 0 Å². The molecule has 1 aliphatic carbocycles. The van der Waals surface area contributed by atoms with Gasteiger partial charge in [0, 0.05) is 13.0 Å². The van der Waals surface area contributed by atoms with Crippen LogP contribution in [0.2, 0.25) is 0 Å². The van der Waals surface area contributed by atoms with Crippen LogP contribution in [0.4, 0.5) is 0 Å². The van der Waals surface area contributed by atoms with Crippen molar-refractivity contribution in [2.24, 2.45) is 22.4 Å². The molecule has 0 aliphatic heterocycles. The normalized spacial score (nSPS) is 16.8. The average Bonchev–Trinajstić information content (AvgIpc) is 2.70. The highest BCUT2D eigenvalue weighted by atomic mass is 16.5. The molecule has 6 nitrogen and oxygen atoms in total. The van der Waals surface area contributed by atoms with Gasteiger partial charge in [-0.25, -0.2) is 0 Å². The number of aliphatic carboxylic acids is 1. The van der Waals surface area contributed by atoms with E-state index in [0.29, 0.717) is 13.2 Å². The Balaban J connectivity index is 1.86. The van der Waals surface area contributed by atoms with Gasteiger partial charge in [0.2, 0.25) is 0 Å². The molecule has 6 heteroatoms. The molecule has 0 fully saturated rings. The van der Waals surface area contributed by atoms with Gasteiger partial charge in [-0.3, -0.25) is 9.79 Å². The fourth-order valence-corrected chi connectivity index (χ4v) is 3.15. The van der Waals surface area contributed by atoms with Crippen LogP contribution >= 0.6 is 0 Å². The molecule has 1 unspecified atom stereocenters. The maximum atomic E-state index is 11.0. The first-order valence-corrected chi connectivity index (χ1v) is 8.56. The van der Waals surface area contributed by atoms with Gasteiger partial charge in [0.05, 0.1) is 6.61 Å². The summed E-state index contributed by atoms with van der Waals surface area (Å²) in [5, 5.41) is 9.03.